The first-order chi connectivity index (χ1) is 1.73. The van der Waals surface area contributed by atoms with E-state index in [9.17, 15) is 0 Å². The van der Waals surface area contributed by atoms with E-state index in [1.165, 1.54) is 0 Å². The summed E-state index contributed by atoms with van der Waals surface area (Å²) in [6, 6.07) is 0. The standard InChI is InChI=1S/O3P.4H2O.Ti/c1-4(2)3;;;;;/h;4*1H2;/q-3;;;;;/p-4. The molecule has 0 rings (SSSR count). The van der Waals surface area contributed by atoms with Crippen molar-refractivity contribution in [3.63, 3.8) is 0 Å². The third kappa shape index (κ3) is 559. The topological polar surface area (TPSA) is 189 Å². The van der Waals surface area contributed by atoms with Crippen LogP contribution < -0.4 is 14.7 Å². The van der Waals surface area contributed by atoms with Gasteiger partial charge in [0.1, 0.15) is 0 Å². The van der Waals surface area contributed by atoms with Gasteiger partial charge in [0.2, 0.25) is 0 Å². The van der Waals surface area contributed by atoms with Crippen LogP contribution in [-0.2, 0) is 21.7 Å². The molecule has 0 saturated heterocycles. The quantitative estimate of drug-likeness (QED) is 0.283. The van der Waals surface area contributed by atoms with E-state index in [4.69, 9.17) is 14.7 Å². The van der Waals surface area contributed by atoms with Crippen molar-refractivity contribution in [1.29, 1.82) is 0 Å². The van der Waals surface area contributed by atoms with Crippen LogP contribution in [0.5, 0.6) is 0 Å². The van der Waals surface area contributed by atoms with Gasteiger partial charge >= 0.3 is 0 Å². The molecular formula is H4O7PTi-7. The van der Waals surface area contributed by atoms with Gasteiger partial charge in [0.05, 0.1) is 0 Å². The Morgan fingerprint density at radius 2 is 0.667 bits per heavy atom. The molecule has 0 unspecified atom stereocenters. The minimum absolute atomic E-state index is 0. The molecule has 0 aliphatic rings. The Labute approximate surface area is 67.4 Å². The Morgan fingerprint density at radius 1 is 0.667 bits per heavy atom. The van der Waals surface area contributed by atoms with Crippen LogP contribution in [0, 0.1) is 0 Å². The summed E-state index contributed by atoms with van der Waals surface area (Å²) in [5, 5.41) is 0. The SMILES string of the molecule is [O-]P([O-])[O-].[OH-].[OH-].[OH-].[OH-].[Ti]. The maximum atomic E-state index is 8.48. The van der Waals surface area contributed by atoms with Gasteiger partial charge in [0.25, 0.3) is 0 Å². The average Bonchev–Trinajstić information content (AvgIpc) is 0.811. The summed E-state index contributed by atoms with van der Waals surface area (Å²) >= 11 is 0. The fourth-order valence-corrected chi connectivity index (χ4v) is 0. The molecule has 62 valence electrons. The van der Waals surface area contributed by atoms with E-state index in [0.29, 0.717) is 0 Å². The summed E-state index contributed by atoms with van der Waals surface area (Å²) in [5.74, 6) is 0. The van der Waals surface area contributed by atoms with Gasteiger partial charge in [-0.3, -0.25) is 0 Å². The summed E-state index contributed by atoms with van der Waals surface area (Å²) in [6.45, 7) is 0. The van der Waals surface area contributed by atoms with Crippen molar-refractivity contribution in [3.8, 4) is 0 Å². The van der Waals surface area contributed by atoms with E-state index in [-0.39, 0.29) is 43.6 Å². The molecule has 0 aliphatic heterocycles. The van der Waals surface area contributed by atoms with Crippen molar-refractivity contribution in [1.82, 2.24) is 0 Å². The first kappa shape index (κ1) is 51.9. The summed E-state index contributed by atoms with van der Waals surface area (Å²) in [5.41, 5.74) is 0. The second-order valence-corrected chi connectivity index (χ2v) is 0.671. The van der Waals surface area contributed by atoms with Crippen LogP contribution in [0.2, 0.25) is 0 Å². The Morgan fingerprint density at radius 3 is 0.667 bits per heavy atom. The monoisotopic (exact) mass is 195 g/mol. The molecule has 9 heavy (non-hydrogen) atoms. The van der Waals surface area contributed by atoms with Gasteiger partial charge in [-0.25, -0.2) is 0 Å². The predicted octanol–water partition coefficient (Wildman–Crippen LogP) is -3.42. The van der Waals surface area contributed by atoms with Crippen molar-refractivity contribution in [2.45, 2.75) is 0 Å². The van der Waals surface area contributed by atoms with Crippen LogP contribution in [-0.4, -0.2) is 21.9 Å². The molecule has 0 saturated carbocycles. The molecule has 0 aromatic rings. The van der Waals surface area contributed by atoms with E-state index >= 15 is 0 Å². The number of hydrogen-bond donors (Lipinski definition) is 0. The van der Waals surface area contributed by atoms with Crippen molar-refractivity contribution < 1.29 is 58.3 Å². The van der Waals surface area contributed by atoms with Crippen molar-refractivity contribution in [2.24, 2.45) is 0 Å². The summed E-state index contributed by atoms with van der Waals surface area (Å²) < 4.78 is 0. The maximum Gasteiger partial charge on any atom is 0 e. The van der Waals surface area contributed by atoms with E-state index < -0.39 is 8.60 Å². The van der Waals surface area contributed by atoms with Crippen LogP contribution >= 0.6 is 8.60 Å². The van der Waals surface area contributed by atoms with Crippen LogP contribution in [0.3, 0.4) is 0 Å². The van der Waals surface area contributed by atoms with Gasteiger partial charge in [-0.2, -0.15) is 0 Å². The Bertz CT molecular complexity index is 13.6. The van der Waals surface area contributed by atoms with Gasteiger partial charge in [-0.1, -0.05) is 0 Å². The molecule has 0 fully saturated rings. The van der Waals surface area contributed by atoms with Gasteiger partial charge in [-0.15, -0.1) is 0 Å². The molecule has 4 N–H and O–H groups in total. The van der Waals surface area contributed by atoms with Gasteiger partial charge < -0.3 is 45.2 Å². The molecule has 0 atom stereocenters. The van der Waals surface area contributed by atoms with Gasteiger partial charge in [-0.05, 0) is 0 Å². The predicted molar refractivity (Wildman–Crippen MR) is 14.7 cm³/mol. The fraction of sp³-hybridized carbons (Fsp3) is 0. The summed E-state index contributed by atoms with van der Waals surface area (Å²) in [7, 11) is -3.37. The molecule has 9 heteroatoms. The summed E-state index contributed by atoms with van der Waals surface area (Å²) in [4.78, 5) is 25.4. The second kappa shape index (κ2) is 36.7. The smallest absolute Gasteiger partial charge is 0 e. The fourth-order valence-electron chi connectivity index (χ4n) is 0. The first-order valence-electron chi connectivity index (χ1n) is 0.548. The number of rotatable bonds is 0. The Kier molecular flexibility index (Phi) is 212. The zero-order valence-corrected chi connectivity index (χ0v) is 6.42. The van der Waals surface area contributed by atoms with E-state index in [1.54, 1.807) is 0 Å². The van der Waals surface area contributed by atoms with Crippen LogP contribution in [0.1, 0.15) is 0 Å². The van der Waals surface area contributed by atoms with Crippen molar-refractivity contribution in [2.75, 3.05) is 0 Å². The zero-order valence-electron chi connectivity index (χ0n) is 3.96. The van der Waals surface area contributed by atoms with E-state index in [1.807, 2.05) is 0 Å². The molecule has 0 aromatic carbocycles. The normalized spacial score (nSPS) is 4.00. The molecule has 0 spiro atoms. The first-order valence-corrected chi connectivity index (χ1v) is 1.64. The second-order valence-electron chi connectivity index (χ2n) is 0.224. The molecular weight excluding hydrogens is 191 g/mol. The molecule has 0 radical (unpaired) electrons. The average molecular weight is 195 g/mol. The molecule has 0 aromatic heterocycles. The van der Waals surface area contributed by atoms with Crippen LogP contribution in [0.4, 0.5) is 0 Å². The van der Waals surface area contributed by atoms with Crippen LogP contribution in [0.15, 0.2) is 0 Å². The molecule has 7 nitrogen and oxygen atoms in total. The molecule has 0 aliphatic carbocycles. The largest absolute Gasteiger partial charge is 0.870 e. The van der Waals surface area contributed by atoms with Gasteiger partial charge in [0.15, 0.2) is 0 Å². The Hall–Kier alpha value is 0.864. The van der Waals surface area contributed by atoms with Crippen molar-refractivity contribution >= 4 is 8.60 Å². The molecule has 0 amide bonds. The van der Waals surface area contributed by atoms with Crippen LogP contribution in [0.25, 0.3) is 0 Å². The molecule has 0 bridgehead atoms. The Balaban J connectivity index is -0.00000000450. The minimum atomic E-state index is -3.37. The van der Waals surface area contributed by atoms with E-state index in [2.05, 4.69) is 0 Å². The minimum Gasteiger partial charge on any atom is -0.870 e. The van der Waals surface area contributed by atoms with Crippen molar-refractivity contribution in [3.05, 3.63) is 0 Å². The zero-order chi connectivity index (χ0) is 3.58. The third-order valence-corrected chi connectivity index (χ3v) is 0. The van der Waals surface area contributed by atoms with E-state index in [0.717, 1.165) is 0 Å². The van der Waals surface area contributed by atoms with Gasteiger partial charge in [0, 0.05) is 21.7 Å². The molecule has 0 heterocycles. The maximum absolute atomic E-state index is 8.48. The third-order valence-electron chi connectivity index (χ3n) is 0. The number of hydrogen-bond acceptors (Lipinski definition) is 7. The summed E-state index contributed by atoms with van der Waals surface area (Å²) in [6.07, 6.45) is 0.